The molecule has 0 aromatic heterocycles. The minimum absolute atomic E-state index is 0.0845. The van der Waals surface area contributed by atoms with E-state index in [-0.39, 0.29) is 25.9 Å². The molecule has 0 aromatic carbocycles. The van der Waals surface area contributed by atoms with Crippen LogP contribution in [-0.4, -0.2) is 66.5 Å². The Bertz CT molecular complexity index is 1640. The third-order valence-corrected chi connectivity index (χ3v) is 13.4. The monoisotopic (exact) mass is 1080 g/mol. The Balaban J connectivity index is 4.81. The molecular weight excluding hydrogens is 976 g/mol. The summed E-state index contributed by atoms with van der Waals surface area (Å²) in [5.74, 6) is -1.55. The number of phosphoric acid groups is 1. The van der Waals surface area contributed by atoms with Gasteiger partial charge < -0.3 is 24.2 Å². The molecule has 0 aliphatic rings. The molecule has 12 heteroatoms. The van der Waals surface area contributed by atoms with Crippen molar-refractivity contribution in [1.29, 1.82) is 0 Å². The number of carbonyl (C=O) groups excluding carboxylic acids is 3. The second-order valence-electron chi connectivity index (χ2n) is 19.8. The minimum atomic E-state index is -4.77. The number of unbranched alkanes of at least 4 members (excludes halogenated alkanes) is 22. The zero-order valence-electron chi connectivity index (χ0n) is 48.2. The van der Waals surface area contributed by atoms with Crippen molar-refractivity contribution >= 4 is 25.7 Å². The third kappa shape index (κ3) is 55.2. The Morgan fingerprint density at radius 3 is 1.14 bits per heavy atom. The van der Waals surface area contributed by atoms with E-state index in [0.717, 1.165) is 103 Å². The van der Waals surface area contributed by atoms with E-state index in [9.17, 15) is 28.9 Å². The van der Waals surface area contributed by atoms with Crippen molar-refractivity contribution in [1.82, 2.24) is 0 Å². The average molecular weight is 1090 g/mol. The van der Waals surface area contributed by atoms with E-state index in [1.807, 2.05) is 12.2 Å². The van der Waals surface area contributed by atoms with Crippen LogP contribution in [0.2, 0.25) is 0 Å². The van der Waals surface area contributed by atoms with Gasteiger partial charge in [0.1, 0.15) is 12.7 Å². The smallest absolute Gasteiger partial charge is 0.462 e. The zero-order chi connectivity index (χ0) is 55.5. The minimum Gasteiger partial charge on any atom is -0.462 e. The summed E-state index contributed by atoms with van der Waals surface area (Å²) in [5, 5.41) is 9.82. The SMILES string of the molecule is CC/C=C\C/C=C\C/C=C\C/C=C\C/C=C\CCCC(=O)OC(COC(=O)CCCCCCCCCCC/C=C\C/C=C\CCCCC)COP(=O)(O)OCC(CO)OC(=O)CCCCCCC/C=C\CCCCCC. The summed E-state index contributed by atoms with van der Waals surface area (Å²) in [4.78, 5) is 48.6. The number of esters is 3. The summed E-state index contributed by atoms with van der Waals surface area (Å²) in [6.07, 6.45) is 68.0. The third-order valence-electron chi connectivity index (χ3n) is 12.5. The average Bonchev–Trinajstić information content (AvgIpc) is 3.41. The fourth-order valence-electron chi connectivity index (χ4n) is 7.89. The van der Waals surface area contributed by atoms with Crippen LogP contribution >= 0.6 is 7.82 Å². The number of allylic oxidation sites excluding steroid dienone is 16. The van der Waals surface area contributed by atoms with Gasteiger partial charge in [0.05, 0.1) is 19.8 Å². The maximum Gasteiger partial charge on any atom is 0.472 e. The van der Waals surface area contributed by atoms with E-state index in [1.54, 1.807) is 0 Å². The lowest BCUT2D eigenvalue weighted by molar-refractivity contribution is -0.161. The normalized spacial score (nSPS) is 14.0. The predicted molar refractivity (Wildman–Crippen MR) is 316 cm³/mol. The number of rotatable bonds is 55. The Hall–Kier alpha value is -3.60. The molecule has 0 saturated carbocycles. The van der Waals surface area contributed by atoms with Gasteiger partial charge in [0.25, 0.3) is 0 Å². The maximum absolute atomic E-state index is 12.9. The Morgan fingerprint density at radius 2 is 0.697 bits per heavy atom. The molecule has 0 aromatic rings. The van der Waals surface area contributed by atoms with Crippen LogP contribution in [0.4, 0.5) is 0 Å². The van der Waals surface area contributed by atoms with Crippen molar-refractivity contribution in [3.8, 4) is 0 Å². The maximum atomic E-state index is 12.9. The molecule has 0 rings (SSSR count). The first-order valence-electron chi connectivity index (χ1n) is 30.1. The molecule has 0 radical (unpaired) electrons. The van der Waals surface area contributed by atoms with Crippen LogP contribution in [-0.2, 0) is 42.2 Å². The van der Waals surface area contributed by atoms with Crippen LogP contribution in [0.3, 0.4) is 0 Å². The first-order valence-corrected chi connectivity index (χ1v) is 31.6. The van der Waals surface area contributed by atoms with Crippen molar-refractivity contribution in [2.45, 2.75) is 264 Å². The van der Waals surface area contributed by atoms with Gasteiger partial charge in [0.2, 0.25) is 0 Å². The molecule has 2 N–H and O–H groups in total. The number of ether oxygens (including phenoxy) is 3. The zero-order valence-corrected chi connectivity index (χ0v) is 49.1. The first kappa shape index (κ1) is 72.4. The molecule has 3 unspecified atom stereocenters. The van der Waals surface area contributed by atoms with E-state index >= 15 is 0 Å². The molecule has 0 amide bonds. The number of phosphoric ester groups is 1. The standard InChI is InChI=1S/C64H109O11P/c1-4-7-10-13-16-19-22-25-27-29-30-32-33-36-38-41-44-47-50-53-62(66)71-57-61(75-64(68)55-52-49-46-43-40-37-34-31-28-26-23-20-17-14-11-8-5-2)59-73-76(69,70)72-58-60(56-65)74-63(67)54-51-48-45-42-39-35-24-21-18-15-12-9-6-3/h8,11,16-17,19-21,24-28,34,37,43,46,60-61,65H,4-7,9-10,12-15,18,22-23,29-33,35-36,38-42,44-45,47-59H2,1-3H3,(H,69,70)/b11-8-,19-16-,20-17-,24-21-,27-25-,28-26-,37-34-,46-43-. The van der Waals surface area contributed by atoms with Gasteiger partial charge in [0.15, 0.2) is 6.10 Å². The van der Waals surface area contributed by atoms with E-state index < -0.39 is 57.8 Å². The number of aliphatic hydroxyl groups is 1. The molecule has 11 nitrogen and oxygen atoms in total. The van der Waals surface area contributed by atoms with Crippen molar-refractivity contribution in [3.05, 3.63) is 97.2 Å². The van der Waals surface area contributed by atoms with Gasteiger partial charge in [-0.25, -0.2) is 4.57 Å². The molecule has 0 heterocycles. The van der Waals surface area contributed by atoms with Crippen LogP contribution in [0.25, 0.3) is 0 Å². The summed E-state index contributed by atoms with van der Waals surface area (Å²) in [7, 11) is -4.77. The van der Waals surface area contributed by atoms with E-state index in [2.05, 4.69) is 106 Å². The second-order valence-corrected chi connectivity index (χ2v) is 21.2. The Labute approximate surface area is 463 Å². The lowest BCUT2D eigenvalue weighted by Gasteiger charge is -2.21. The summed E-state index contributed by atoms with van der Waals surface area (Å²) in [6.45, 7) is 4.42. The highest BCUT2D eigenvalue weighted by Crippen LogP contribution is 2.43. The van der Waals surface area contributed by atoms with Gasteiger partial charge >= 0.3 is 25.7 Å². The quantitative estimate of drug-likeness (QED) is 0.0197. The molecule has 0 aliphatic heterocycles. The number of aliphatic hydroxyl groups excluding tert-OH is 1. The topological polar surface area (TPSA) is 155 Å². The van der Waals surface area contributed by atoms with Gasteiger partial charge in [-0.3, -0.25) is 23.4 Å². The van der Waals surface area contributed by atoms with Gasteiger partial charge in [0, 0.05) is 19.3 Å². The van der Waals surface area contributed by atoms with Crippen LogP contribution in [0.5, 0.6) is 0 Å². The highest BCUT2D eigenvalue weighted by Gasteiger charge is 2.28. The summed E-state index contributed by atoms with van der Waals surface area (Å²) in [5.41, 5.74) is 0. The molecule has 76 heavy (non-hydrogen) atoms. The van der Waals surface area contributed by atoms with Crippen molar-refractivity contribution in [2.75, 3.05) is 26.4 Å². The number of hydrogen-bond donors (Lipinski definition) is 2. The summed E-state index contributed by atoms with van der Waals surface area (Å²) < 4.78 is 39.5. The van der Waals surface area contributed by atoms with E-state index in [0.29, 0.717) is 25.7 Å². The van der Waals surface area contributed by atoms with Gasteiger partial charge in [-0.1, -0.05) is 214 Å². The molecule has 0 aliphatic carbocycles. The molecule has 0 spiro atoms. The largest absolute Gasteiger partial charge is 0.472 e. The Morgan fingerprint density at radius 1 is 0.382 bits per heavy atom. The number of carbonyl (C=O) groups is 3. The highest BCUT2D eigenvalue weighted by atomic mass is 31.2. The molecule has 436 valence electrons. The van der Waals surface area contributed by atoms with Crippen molar-refractivity contribution in [2.24, 2.45) is 0 Å². The summed E-state index contributed by atoms with van der Waals surface area (Å²) >= 11 is 0. The molecule has 3 atom stereocenters. The fraction of sp³-hybridized carbons (Fsp3) is 0.703. The van der Waals surface area contributed by atoms with E-state index in [1.165, 1.54) is 83.5 Å². The number of hydrogen-bond acceptors (Lipinski definition) is 10. The lowest BCUT2D eigenvalue weighted by Crippen LogP contribution is -2.30. The lowest BCUT2D eigenvalue weighted by atomic mass is 10.1. The predicted octanol–water partition coefficient (Wildman–Crippen LogP) is 18.0. The summed E-state index contributed by atoms with van der Waals surface area (Å²) in [6, 6.07) is 0. The highest BCUT2D eigenvalue weighted by molar-refractivity contribution is 7.47. The molecule has 0 bridgehead atoms. The van der Waals surface area contributed by atoms with Crippen molar-refractivity contribution < 1.29 is 52.2 Å². The first-order chi connectivity index (χ1) is 37.2. The van der Waals surface area contributed by atoms with Gasteiger partial charge in [-0.05, 0) is 116 Å². The van der Waals surface area contributed by atoms with Crippen molar-refractivity contribution in [3.63, 3.8) is 0 Å². The van der Waals surface area contributed by atoms with Crippen LogP contribution in [0, 0.1) is 0 Å². The van der Waals surface area contributed by atoms with Crippen LogP contribution < -0.4 is 0 Å². The van der Waals surface area contributed by atoms with Crippen LogP contribution in [0.15, 0.2) is 97.2 Å². The molecule has 0 saturated heterocycles. The Kier molecular flexibility index (Phi) is 54.8. The fourth-order valence-corrected chi connectivity index (χ4v) is 8.67. The second kappa shape index (κ2) is 57.6. The van der Waals surface area contributed by atoms with Gasteiger partial charge in [-0.15, -0.1) is 0 Å². The molecule has 0 fully saturated rings. The van der Waals surface area contributed by atoms with Gasteiger partial charge in [-0.2, -0.15) is 0 Å². The van der Waals surface area contributed by atoms with E-state index in [4.69, 9.17) is 23.3 Å². The van der Waals surface area contributed by atoms with Crippen LogP contribution in [0.1, 0.15) is 252 Å². The molecular formula is C64H109O11P.